The molecule has 1 aromatic heterocycles. The van der Waals surface area contributed by atoms with Gasteiger partial charge in [0.15, 0.2) is 0 Å². The number of aliphatic hydroxyl groups is 1. The minimum Gasteiger partial charge on any atom is -0.386 e. The summed E-state index contributed by atoms with van der Waals surface area (Å²) >= 11 is 1.60. The van der Waals surface area contributed by atoms with Crippen molar-refractivity contribution < 1.29 is 5.11 Å². The number of nitrogens with two attached hydrogens (primary N) is 1. The van der Waals surface area contributed by atoms with E-state index in [1.807, 2.05) is 24.3 Å². The van der Waals surface area contributed by atoms with E-state index >= 15 is 0 Å². The van der Waals surface area contributed by atoms with Gasteiger partial charge in [-0.1, -0.05) is 24.3 Å². The molecule has 2 rings (SSSR count). The fraction of sp³-hybridized carbons (Fsp3) is 0.231. The molecule has 3 N–H and O–H groups in total. The van der Waals surface area contributed by atoms with Crippen LogP contribution < -0.4 is 5.73 Å². The molecule has 1 aromatic carbocycles. The van der Waals surface area contributed by atoms with E-state index in [2.05, 4.69) is 19.1 Å². The second kappa shape index (κ2) is 4.78. The third-order valence-electron chi connectivity index (χ3n) is 2.59. The van der Waals surface area contributed by atoms with E-state index in [1.165, 1.54) is 16.0 Å². The predicted octanol–water partition coefficient (Wildman–Crippen LogP) is 2.72. The number of rotatable bonds is 3. The molecular weight excluding hydrogens is 218 g/mol. The van der Waals surface area contributed by atoms with Gasteiger partial charge in [-0.25, -0.2) is 0 Å². The van der Waals surface area contributed by atoms with Crippen LogP contribution in [0, 0.1) is 6.92 Å². The van der Waals surface area contributed by atoms with Gasteiger partial charge in [0.1, 0.15) is 6.10 Å². The van der Waals surface area contributed by atoms with E-state index in [0.29, 0.717) is 0 Å². The summed E-state index contributed by atoms with van der Waals surface area (Å²) < 4.78 is 0. The molecule has 0 saturated carbocycles. The molecule has 3 heteroatoms. The Kier molecular flexibility index (Phi) is 3.39. The van der Waals surface area contributed by atoms with Crippen LogP contribution in [0.25, 0.3) is 10.4 Å². The minimum absolute atomic E-state index is 0.272. The summed E-state index contributed by atoms with van der Waals surface area (Å²) in [5, 5.41) is 9.64. The summed E-state index contributed by atoms with van der Waals surface area (Å²) in [7, 11) is 0. The molecule has 16 heavy (non-hydrogen) atoms. The van der Waals surface area contributed by atoms with Gasteiger partial charge in [-0.05, 0) is 30.2 Å². The van der Waals surface area contributed by atoms with Crippen LogP contribution in [-0.2, 0) is 0 Å². The van der Waals surface area contributed by atoms with Gasteiger partial charge in [0.25, 0.3) is 0 Å². The van der Waals surface area contributed by atoms with Gasteiger partial charge >= 0.3 is 0 Å². The third-order valence-corrected chi connectivity index (χ3v) is 3.81. The Morgan fingerprint density at radius 3 is 2.69 bits per heavy atom. The van der Waals surface area contributed by atoms with Crippen molar-refractivity contribution in [2.24, 2.45) is 5.73 Å². The average molecular weight is 233 g/mol. The molecule has 1 unspecified atom stereocenters. The SMILES string of the molecule is Cc1ccccc1-c1ccc(C(O)CN)s1. The van der Waals surface area contributed by atoms with Crippen molar-refractivity contribution in [3.8, 4) is 10.4 Å². The molecule has 0 aliphatic carbocycles. The molecule has 1 heterocycles. The van der Waals surface area contributed by atoms with E-state index in [0.717, 1.165) is 4.88 Å². The molecule has 2 aromatic rings. The van der Waals surface area contributed by atoms with Gasteiger partial charge in [0.05, 0.1) is 0 Å². The molecule has 0 spiro atoms. The van der Waals surface area contributed by atoms with E-state index in [9.17, 15) is 5.11 Å². The first-order valence-corrected chi connectivity index (χ1v) is 6.08. The van der Waals surface area contributed by atoms with Gasteiger partial charge in [0.2, 0.25) is 0 Å². The van der Waals surface area contributed by atoms with Crippen LogP contribution in [-0.4, -0.2) is 11.7 Å². The maximum atomic E-state index is 9.64. The molecule has 0 aliphatic heterocycles. The Morgan fingerprint density at radius 2 is 2.00 bits per heavy atom. The molecule has 84 valence electrons. The van der Waals surface area contributed by atoms with Gasteiger partial charge < -0.3 is 10.8 Å². The highest BCUT2D eigenvalue weighted by Crippen LogP contribution is 2.32. The zero-order valence-electron chi connectivity index (χ0n) is 9.18. The molecule has 0 saturated heterocycles. The van der Waals surface area contributed by atoms with Gasteiger partial charge in [-0.15, -0.1) is 11.3 Å². The summed E-state index contributed by atoms with van der Waals surface area (Å²) in [6.07, 6.45) is -0.539. The molecule has 0 bridgehead atoms. The van der Waals surface area contributed by atoms with Crippen molar-refractivity contribution in [2.45, 2.75) is 13.0 Å². The van der Waals surface area contributed by atoms with Crippen molar-refractivity contribution in [1.82, 2.24) is 0 Å². The third kappa shape index (κ3) is 2.16. The van der Waals surface area contributed by atoms with Crippen molar-refractivity contribution >= 4 is 11.3 Å². The molecular formula is C13H15NOS. The molecule has 2 nitrogen and oxygen atoms in total. The second-order valence-corrected chi connectivity index (χ2v) is 4.88. The van der Waals surface area contributed by atoms with Crippen LogP contribution in [0.4, 0.5) is 0 Å². The smallest absolute Gasteiger partial charge is 0.100 e. The number of benzene rings is 1. The van der Waals surface area contributed by atoms with Crippen LogP contribution in [0.2, 0.25) is 0 Å². The van der Waals surface area contributed by atoms with Crippen LogP contribution >= 0.6 is 11.3 Å². The first-order chi connectivity index (χ1) is 7.72. The molecule has 1 atom stereocenters. The Labute approximate surface area is 99.4 Å². The van der Waals surface area contributed by atoms with Gasteiger partial charge in [-0.2, -0.15) is 0 Å². The molecule has 0 amide bonds. The Hall–Kier alpha value is -1.16. The fourth-order valence-electron chi connectivity index (χ4n) is 1.64. The molecule has 0 radical (unpaired) electrons. The zero-order valence-corrected chi connectivity index (χ0v) is 10.00. The lowest BCUT2D eigenvalue weighted by Crippen LogP contribution is -2.09. The summed E-state index contributed by atoms with van der Waals surface area (Å²) in [5.74, 6) is 0. The fourth-order valence-corrected chi connectivity index (χ4v) is 2.74. The summed E-state index contributed by atoms with van der Waals surface area (Å²) in [6, 6.07) is 12.2. The highest BCUT2D eigenvalue weighted by Gasteiger charge is 2.10. The summed E-state index contributed by atoms with van der Waals surface area (Å²) in [5.41, 5.74) is 7.91. The van der Waals surface area contributed by atoms with E-state index in [-0.39, 0.29) is 6.54 Å². The average Bonchev–Trinajstić information content (AvgIpc) is 2.78. The molecule has 0 fully saturated rings. The van der Waals surface area contributed by atoms with Crippen LogP contribution in [0.1, 0.15) is 16.5 Å². The lowest BCUT2D eigenvalue weighted by Gasteiger charge is -2.04. The Balaban J connectivity index is 2.35. The molecule has 0 aliphatic rings. The number of thiophene rings is 1. The van der Waals surface area contributed by atoms with E-state index in [1.54, 1.807) is 11.3 Å². The topological polar surface area (TPSA) is 46.2 Å². The number of aliphatic hydroxyl groups excluding tert-OH is 1. The van der Waals surface area contributed by atoms with E-state index < -0.39 is 6.10 Å². The Bertz CT molecular complexity index is 478. The zero-order chi connectivity index (χ0) is 11.5. The second-order valence-electron chi connectivity index (χ2n) is 3.77. The lowest BCUT2D eigenvalue weighted by atomic mass is 10.1. The highest BCUT2D eigenvalue weighted by atomic mass is 32.1. The number of aryl methyl sites for hydroxylation is 1. The summed E-state index contributed by atoms with van der Waals surface area (Å²) in [6.45, 7) is 2.36. The van der Waals surface area contributed by atoms with Crippen LogP contribution in [0.3, 0.4) is 0 Å². The van der Waals surface area contributed by atoms with Crippen molar-refractivity contribution in [3.05, 3.63) is 46.8 Å². The summed E-state index contributed by atoms with van der Waals surface area (Å²) in [4.78, 5) is 2.11. The predicted molar refractivity (Wildman–Crippen MR) is 68.5 cm³/mol. The first-order valence-electron chi connectivity index (χ1n) is 5.26. The first kappa shape index (κ1) is 11.3. The van der Waals surface area contributed by atoms with Crippen LogP contribution in [0.15, 0.2) is 36.4 Å². The van der Waals surface area contributed by atoms with Crippen molar-refractivity contribution in [2.75, 3.05) is 6.54 Å². The minimum atomic E-state index is -0.539. The maximum absolute atomic E-state index is 9.64. The largest absolute Gasteiger partial charge is 0.386 e. The highest BCUT2D eigenvalue weighted by molar-refractivity contribution is 7.15. The van der Waals surface area contributed by atoms with E-state index in [4.69, 9.17) is 5.73 Å². The quantitative estimate of drug-likeness (QED) is 0.856. The van der Waals surface area contributed by atoms with Crippen molar-refractivity contribution in [3.63, 3.8) is 0 Å². The normalized spacial score (nSPS) is 12.7. The van der Waals surface area contributed by atoms with Gasteiger partial charge in [-0.3, -0.25) is 0 Å². The maximum Gasteiger partial charge on any atom is 0.100 e. The number of hydrogen-bond acceptors (Lipinski definition) is 3. The van der Waals surface area contributed by atoms with Gasteiger partial charge in [0, 0.05) is 16.3 Å². The van der Waals surface area contributed by atoms with Crippen LogP contribution in [0.5, 0.6) is 0 Å². The van der Waals surface area contributed by atoms with Crippen molar-refractivity contribution in [1.29, 1.82) is 0 Å². The Morgan fingerprint density at radius 1 is 1.25 bits per heavy atom. The monoisotopic (exact) mass is 233 g/mol. The lowest BCUT2D eigenvalue weighted by molar-refractivity contribution is 0.190. The number of hydrogen-bond donors (Lipinski definition) is 2. The standard InChI is InChI=1S/C13H15NOS/c1-9-4-2-3-5-10(9)12-6-7-13(16-12)11(15)8-14/h2-7,11,15H,8,14H2,1H3.